The van der Waals surface area contributed by atoms with E-state index in [9.17, 15) is 4.79 Å². The van der Waals surface area contributed by atoms with Gasteiger partial charge in [-0.15, -0.1) is 0 Å². The largest absolute Gasteiger partial charge is 0.497 e. The van der Waals surface area contributed by atoms with Crippen LogP contribution < -0.4 is 10.4 Å². The molecule has 2 aromatic heterocycles. The van der Waals surface area contributed by atoms with E-state index in [1.54, 1.807) is 13.3 Å². The Kier molecular flexibility index (Phi) is 2.76. The van der Waals surface area contributed by atoms with Gasteiger partial charge in [0.05, 0.1) is 18.3 Å². The van der Waals surface area contributed by atoms with E-state index in [4.69, 9.17) is 4.74 Å². The van der Waals surface area contributed by atoms with E-state index in [2.05, 4.69) is 4.98 Å². The second-order valence-corrected chi connectivity index (χ2v) is 4.15. The molecular formula is C15H12N2O2. The summed E-state index contributed by atoms with van der Waals surface area (Å²) in [6, 6.07) is 15.0. The molecule has 94 valence electrons. The van der Waals surface area contributed by atoms with E-state index in [-0.39, 0.29) is 5.69 Å². The Morgan fingerprint density at radius 3 is 2.63 bits per heavy atom. The van der Waals surface area contributed by atoms with Crippen molar-refractivity contribution in [3.63, 3.8) is 0 Å². The maximum absolute atomic E-state index is 11.9. The molecule has 3 rings (SSSR count). The van der Waals surface area contributed by atoms with Crippen molar-refractivity contribution in [3.05, 3.63) is 65.2 Å². The SMILES string of the molecule is COc1ccc(-c2cc3ccccn3c(=O)n2)cc1. The molecule has 19 heavy (non-hydrogen) atoms. The zero-order chi connectivity index (χ0) is 13.2. The van der Waals surface area contributed by atoms with Crippen molar-refractivity contribution >= 4 is 5.52 Å². The van der Waals surface area contributed by atoms with Gasteiger partial charge >= 0.3 is 5.69 Å². The molecule has 0 aliphatic rings. The van der Waals surface area contributed by atoms with Gasteiger partial charge in [0.2, 0.25) is 0 Å². The van der Waals surface area contributed by atoms with Crippen LogP contribution in [0.3, 0.4) is 0 Å². The molecule has 0 aliphatic carbocycles. The molecule has 0 aliphatic heterocycles. The fourth-order valence-corrected chi connectivity index (χ4v) is 1.99. The summed E-state index contributed by atoms with van der Waals surface area (Å²) in [6.45, 7) is 0. The third kappa shape index (κ3) is 2.08. The van der Waals surface area contributed by atoms with Crippen LogP contribution in [-0.2, 0) is 0 Å². The average Bonchev–Trinajstić information content (AvgIpc) is 2.47. The van der Waals surface area contributed by atoms with Gasteiger partial charge < -0.3 is 4.74 Å². The van der Waals surface area contributed by atoms with Crippen molar-refractivity contribution in [1.29, 1.82) is 0 Å². The number of ether oxygens (including phenoxy) is 1. The van der Waals surface area contributed by atoms with Crippen LogP contribution in [0.4, 0.5) is 0 Å². The summed E-state index contributed by atoms with van der Waals surface area (Å²) in [5.74, 6) is 0.779. The van der Waals surface area contributed by atoms with Crippen LogP contribution >= 0.6 is 0 Å². The number of pyridine rings is 1. The highest BCUT2D eigenvalue weighted by molar-refractivity contribution is 5.65. The van der Waals surface area contributed by atoms with Gasteiger partial charge in [-0.3, -0.25) is 4.40 Å². The highest BCUT2D eigenvalue weighted by Crippen LogP contribution is 2.20. The maximum Gasteiger partial charge on any atom is 0.352 e. The minimum absolute atomic E-state index is 0.274. The van der Waals surface area contributed by atoms with Crippen LogP contribution in [0.2, 0.25) is 0 Å². The van der Waals surface area contributed by atoms with Gasteiger partial charge in [0.15, 0.2) is 0 Å². The number of benzene rings is 1. The predicted molar refractivity (Wildman–Crippen MR) is 73.5 cm³/mol. The number of rotatable bonds is 2. The summed E-state index contributed by atoms with van der Waals surface area (Å²) in [6.07, 6.45) is 1.71. The van der Waals surface area contributed by atoms with Crippen molar-refractivity contribution < 1.29 is 4.74 Å². The standard InChI is InChI=1S/C15H12N2O2/c1-19-13-7-5-11(6-8-13)14-10-12-4-2-3-9-17(12)15(18)16-14/h2-10H,1H3. The normalized spacial score (nSPS) is 10.6. The molecule has 0 bridgehead atoms. The lowest BCUT2D eigenvalue weighted by molar-refractivity contribution is 0.415. The van der Waals surface area contributed by atoms with Gasteiger partial charge in [0, 0.05) is 11.8 Å². The average molecular weight is 252 g/mol. The van der Waals surface area contributed by atoms with Crippen LogP contribution in [-0.4, -0.2) is 16.5 Å². The topological polar surface area (TPSA) is 43.6 Å². The van der Waals surface area contributed by atoms with Gasteiger partial charge in [-0.1, -0.05) is 6.07 Å². The maximum atomic E-state index is 11.9. The molecule has 0 N–H and O–H groups in total. The molecule has 0 spiro atoms. The van der Waals surface area contributed by atoms with Gasteiger partial charge in [-0.05, 0) is 42.5 Å². The Hall–Kier alpha value is -2.62. The Bertz CT molecular complexity index is 776. The fraction of sp³-hybridized carbons (Fsp3) is 0.0667. The Labute approximate surface area is 109 Å². The Morgan fingerprint density at radius 1 is 1.11 bits per heavy atom. The zero-order valence-electron chi connectivity index (χ0n) is 10.4. The molecule has 0 radical (unpaired) electrons. The summed E-state index contributed by atoms with van der Waals surface area (Å²) >= 11 is 0. The number of aromatic nitrogens is 2. The van der Waals surface area contributed by atoms with Crippen LogP contribution in [0.15, 0.2) is 59.5 Å². The molecule has 0 unspecified atom stereocenters. The molecule has 0 amide bonds. The smallest absolute Gasteiger partial charge is 0.352 e. The highest BCUT2D eigenvalue weighted by atomic mass is 16.5. The third-order valence-electron chi connectivity index (χ3n) is 2.98. The number of nitrogens with zero attached hydrogens (tertiary/aromatic N) is 2. The minimum Gasteiger partial charge on any atom is -0.497 e. The summed E-state index contributed by atoms with van der Waals surface area (Å²) in [5.41, 5.74) is 2.11. The third-order valence-corrected chi connectivity index (χ3v) is 2.98. The highest BCUT2D eigenvalue weighted by Gasteiger charge is 2.04. The van der Waals surface area contributed by atoms with E-state index >= 15 is 0 Å². The van der Waals surface area contributed by atoms with Crippen molar-refractivity contribution in [2.75, 3.05) is 7.11 Å². The molecule has 0 saturated heterocycles. The van der Waals surface area contributed by atoms with Gasteiger partial charge in [-0.2, -0.15) is 4.98 Å². The van der Waals surface area contributed by atoms with Gasteiger partial charge in [0.25, 0.3) is 0 Å². The second-order valence-electron chi connectivity index (χ2n) is 4.15. The van der Waals surface area contributed by atoms with Crippen LogP contribution in [0.25, 0.3) is 16.8 Å². The van der Waals surface area contributed by atoms with Crippen LogP contribution in [0, 0.1) is 0 Å². The second kappa shape index (κ2) is 4.57. The van der Waals surface area contributed by atoms with E-state index in [0.717, 1.165) is 16.8 Å². The first-order valence-electron chi connectivity index (χ1n) is 5.91. The molecule has 4 nitrogen and oxygen atoms in total. The van der Waals surface area contributed by atoms with Crippen molar-refractivity contribution in [3.8, 4) is 17.0 Å². The molecular weight excluding hydrogens is 240 g/mol. The Morgan fingerprint density at radius 2 is 1.89 bits per heavy atom. The molecule has 1 aromatic carbocycles. The summed E-state index contributed by atoms with van der Waals surface area (Å²) in [4.78, 5) is 16.0. The number of fused-ring (bicyclic) bond motifs is 1. The summed E-state index contributed by atoms with van der Waals surface area (Å²) < 4.78 is 6.63. The fourth-order valence-electron chi connectivity index (χ4n) is 1.99. The van der Waals surface area contributed by atoms with E-state index in [0.29, 0.717) is 5.69 Å². The molecule has 0 saturated carbocycles. The number of methoxy groups -OCH3 is 1. The minimum atomic E-state index is -0.274. The van der Waals surface area contributed by atoms with Crippen molar-refractivity contribution in [1.82, 2.24) is 9.38 Å². The van der Waals surface area contributed by atoms with E-state index in [1.165, 1.54) is 4.40 Å². The first-order chi connectivity index (χ1) is 9.28. The first-order valence-corrected chi connectivity index (χ1v) is 5.91. The quantitative estimate of drug-likeness (QED) is 0.703. The van der Waals surface area contributed by atoms with Gasteiger partial charge in [0.1, 0.15) is 5.75 Å². The number of hydrogen-bond donors (Lipinski definition) is 0. The lowest BCUT2D eigenvalue weighted by Crippen LogP contribution is -2.16. The summed E-state index contributed by atoms with van der Waals surface area (Å²) in [5, 5.41) is 0. The lowest BCUT2D eigenvalue weighted by atomic mass is 10.1. The zero-order valence-corrected chi connectivity index (χ0v) is 10.4. The molecule has 0 atom stereocenters. The summed E-state index contributed by atoms with van der Waals surface area (Å²) in [7, 11) is 1.62. The van der Waals surface area contributed by atoms with E-state index < -0.39 is 0 Å². The van der Waals surface area contributed by atoms with Crippen molar-refractivity contribution in [2.24, 2.45) is 0 Å². The van der Waals surface area contributed by atoms with Gasteiger partial charge in [-0.25, -0.2) is 4.79 Å². The Balaban J connectivity index is 2.16. The van der Waals surface area contributed by atoms with E-state index in [1.807, 2.05) is 48.5 Å². The molecule has 0 fully saturated rings. The molecule has 3 aromatic rings. The van der Waals surface area contributed by atoms with Crippen molar-refractivity contribution in [2.45, 2.75) is 0 Å². The molecule has 2 heterocycles. The lowest BCUT2D eigenvalue weighted by Gasteiger charge is -2.05. The number of hydrogen-bond acceptors (Lipinski definition) is 3. The molecule has 4 heteroatoms. The van der Waals surface area contributed by atoms with Crippen LogP contribution in [0.5, 0.6) is 5.75 Å². The first kappa shape index (κ1) is 11.5. The monoisotopic (exact) mass is 252 g/mol. The van der Waals surface area contributed by atoms with Crippen LogP contribution in [0.1, 0.15) is 0 Å². The predicted octanol–water partition coefficient (Wildman–Crippen LogP) is 2.37.